The molecule has 0 atom stereocenters. The van der Waals surface area contributed by atoms with Crippen LogP contribution in [0.3, 0.4) is 0 Å². The van der Waals surface area contributed by atoms with Gasteiger partial charge in [-0.05, 0) is 29.8 Å². The number of hydrogen-bond acceptors (Lipinski definition) is 6. The summed E-state index contributed by atoms with van der Waals surface area (Å²) in [7, 11) is 0. The van der Waals surface area contributed by atoms with Crippen molar-refractivity contribution in [1.29, 1.82) is 0 Å². The lowest BCUT2D eigenvalue weighted by molar-refractivity contribution is 0.517. The molecular formula is C12H19N7S. The summed E-state index contributed by atoms with van der Waals surface area (Å²) in [5, 5.41) is 16.0. The van der Waals surface area contributed by atoms with E-state index < -0.39 is 0 Å². The second-order valence-corrected chi connectivity index (χ2v) is 5.79. The number of thioether (sulfide) groups is 1. The van der Waals surface area contributed by atoms with Crippen molar-refractivity contribution in [3.8, 4) is 0 Å². The van der Waals surface area contributed by atoms with Gasteiger partial charge < -0.3 is 9.88 Å². The minimum absolute atomic E-state index is 0.665. The molecule has 108 valence electrons. The molecule has 7 nitrogen and oxygen atoms in total. The number of aromatic nitrogens is 6. The van der Waals surface area contributed by atoms with E-state index >= 15 is 0 Å². The summed E-state index contributed by atoms with van der Waals surface area (Å²) in [5.74, 6) is 0.859. The predicted molar refractivity (Wildman–Crippen MR) is 76.4 cm³/mol. The zero-order chi connectivity index (χ0) is 13.8. The van der Waals surface area contributed by atoms with Gasteiger partial charge in [0.2, 0.25) is 5.16 Å². The Morgan fingerprint density at radius 3 is 3.15 bits per heavy atom. The first-order valence-corrected chi connectivity index (χ1v) is 7.97. The third kappa shape index (κ3) is 3.18. The van der Waals surface area contributed by atoms with Crippen LogP contribution in [0, 0.1) is 0 Å². The standard InChI is InChI=1S/C12H19N7S/c1-2-13-5-6-19-12(15-16-17-19)20-8-11-7-14-9-18(11)10-3-4-10/h7,9-10,13H,2-6,8H2,1H3. The number of nitrogens with zero attached hydrogens (tertiary/aromatic N) is 6. The first-order chi connectivity index (χ1) is 9.88. The number of tetrazole rings is 1. The lowest BCUT2D eigenvalue weighted by Gasteiger charge is -2.07. The highest BCUT2D eigenvalue weighted by Crippen LogP contribution is 2.36. The Morgan fingerprint density at radius 1 is 1.45 bits per heavy atom. The maximum absolute atomic E-state index is 4.25. The molecule has 0 radical (unpaired) electrons. The van der Waals surface area contributed by atoms with Crippen molar-refractivity contribution >= 4 is 11.8 Å². The fourth-order valence-corrected chi connectivity index (χ4v) is 2.94. The van der Waals surface area contributed by atoms with Crippen LogP contribution in [-0.2, 0) is 12.3 Å². The van der Waals surface area contributed by atoms with E-state index in [4.69, 9.17) is 0 Å². The number of likely N-dealkylation sites (N-methyl/N-ethyl adjacent to an activating group) is 1. The molecule has 1 saturated carbocycles. The van der Waals surface area contributed by atoms with Crippen LogP contribution in [0.15, 0.2) is 17.7 Å². The highest BCUT2D eigenvalue weighted by molar-refractivity contribution is 7.98. The molecule has 0 saturated heterocycles. The van der Waals surface area contributed by atoms with Crippen molar-refractivity contribution in [2.24, 2.45) is 0 Å². The molecule has 1 fully saturated rings. The summed E-state index contributed by atoms with van der Waals surface area (Å²) in [5.41, 5.74) is 1.25. The van der Waals surface area contributed by atoms with E-state index in [1.54, 1.807) is 11.8 Å². The number of nitrogens with one attached hydrogen (secondary N) is 1. The van der Waals surface area contributed by atoms with Crippen LogP contribution in [0.4, 0.5) is 0 Å². The number of rotatable bonds is 8. The van der Waals surface area contributed by atoms with E-state index in [1.165, 1.54) is 18.5 Å². The maximum Gasteiger partial charge on any atom is 0.209 e. The van der Waals surface area contributed by atoms with E-state index in [0.29, 0.717) is 6.04 Å². The molecule has 3 rings (SSSR count). The Kier molecular flexibility index (Phi) is 4.31. The molecule has 1 aliphatic carbocycles. The van der Waals surface area contributed by atoms with Gasteiger partial charge in [-0.3, -0.25) is 0 Å². The van der Waals surface area contributed by atoms with E-state index in [-0.39, 0.29) is 0 Å². The van der Waals surface area contributed by atoms with Gasteiger partial charge in [-0.15, -0.1) is 5.10 Å². The summed E-state index contributed by atoms with van der Waals surface area (Å²) >= 11 is 1.67. The van der Waals surface area contributed by atoms with E-state index in [1.807, 2.05) is 17.2 Å². The van der Waals surface area contributed by atoms with Crippen LogP contribution in [0.5, 0.6) is 0 Å². The first-order valence-electron chi connectivity index (χ1n) is 6.99. The third-order valence-electron chi connectivity index (χ3n) is 3.29. The Bertz CT molecular complexity index is 546. The van der Waals surface area contributed by atoms with Crippen molar-refractivity contribution in [3.63, 3.8) is 0 Å². The molecule has 0 amide bonds. The van der Waals surface area contributed by atoms with Crippen molar-refractivity contribution in [3.05, 3.63) is 18.2 Å². The molecular weight excluding hydrogens is 274 g/mol. The molecule has 0 aromatic carbocycles. The average Bonchev–Trinajstić information content (AvgIpc) is 3.02. The quantitative estimate of drug-likeness (QED) is 0.580. The Morgan fingerprint density at radius 2 is 2.35 bits per heavy atom. The molecule has 1 aliphatic rings. The summed E-state index contributed by atoms with van der Waals surface area (Å²) in [6.45, 7) is 4.74. The smallest absolute Gasteiger partial charge is 0.209 e. The number of imidazole rings is 1. The average molecular weight is 293 g/mol. The molecule has 0 aliphatic heterocycles. The fourth-order valence-electron chi connectivity index (χ4n) is 2.07. The molecule has 2 aromatic rings. The normalized spacial score (nSPS) is 14.8. The molecule has 2 aromatic heterocycles. The van der Waals surface area contributed by atoms with Gasteiger partial charge in [0.1, 0.15) is 0 Å². The highest BCUT2D eigenvalue weighted by atomic mass is 32.2. The zero-order valence-corrected chi connectivity index (χ0v) is 12.4. The van der Waals surface area contributed by atoms with Gasteiger partial charge in [0.25, 0.3) is 0 Å². The Hall–Kier alpha value is -1.41. The van der Waals surface area contributed by atoms with Gasteiger partial charge in [-0.2, -0.15) is 0 Å². The van der Waals surface area contributed by atoms with Gasteiger partial charge in [0, 0.05) is 30.2 Å². The van der Waals surface area contributed by atoms with Crippen molar-refractivity contribution < 1.29 is 0 Å². The lowest BCUT2D eigenvalue weighted by atomic mass is 10.5. The molecule has 0 spiro atoms. The Labute approximate surface area is 122 Å². The van der Waals surface area contributed by atoms with Gasteiger partial charge in [-0.25, -0.2) is 9.67 Å². The van der Waals surface area contributed by atoms with E-state index in [0.717, 1.165) is 30.5 Å². The van der Waals surface area contributed by atoms with Crippen LogP contribution in [0.25, 0.3) is 0 Å². The van der Waals surface area contributed by atoms with Crippen LogP contribution in [0.2, 0.25) is 0 Å². The number of hydrogen-bond donors (Lipinski definition) is 1. The maximum atomic E-state index is 4.25. The van der Waals surface area contributed by atoms with Gasteiger partial charge >= 0.3 is 0 Å². The van der Waals surface area contributed by atoms with E-state index in [2.05, 4.69) is 37.3 Å². The molecule has 0 bridgehead atoms. The molecule has 2 heterocycles. The van der Waals surface area contributed by atoms with Gasteiger partial charge in [0.05, 0.1) is 12.9 Å². The zero-order valence-electron chi connectivity index (χ0n) is 11.6. The van der Waals surface area contributed by atoms with Gasteiger partial charge in [0.15, 0.2) is 0 Å². The molecule has 1 N–H and O–H groups in total. The second-order valence-electron chi connectivity index (χ2n) is 4.85. The van der Waals surface area contributed by atoms with Crippen molar-refractivity contribution in [1.82, 2.24) is 35.1 Å². The third-order valence-corrected chi connectivity index (χ3v) is 4.28. The second kappa shape index (κ2) is 6.36. The topological polar surface area (TPSA) is 73.5 Å². The summed E-state index contributed by atoms with van der Waals surface area (Å²) < 4.78 is 4.13. The van der Waals surface area contributed by atoms with Crippen molar-refractivity contribution in [2.75, 3.05) is 13.1 Å². The molecule has 0 unspecified atom stereocenters. The minimum atomic E-state index is 0.665. The summed E-state index contributed by atoms with van der Waals surface area (Å²) in [6.07, 6.45) is 6.42. The largest absolute Gasteiger partial charge is 0.331 e. The lowest BCUT2D eigenvalue weighted by Crippen LogP contribution is -2.20. The molecule has 20 heavy (non-hydrogen) atoms. The fraction of sp³-hybridized carbons (Fsp3) is 0.667. The monoisotopic (exact) mass is 293 g/mol. The Balaban J connectivity index is 1.57. The minimum Gasteiger partial charge on any atom is -0.331 e. The molecule has 8 heteroatoms. The van der Waals surface area contributed by atoms with Crippen LogP contribution in [-0.4, -0.2) is 42.8 Å². The van der Waals surface area contributed by atoms with Crippen LogP contribution < -0.4 is 5.32 Å². The predicted octanol–water partition coefficient (Wildman–Crippen LogP) is 1.11. The summed E-state index contributed by atoms with van der Waals surface area (Å²) in [6, 6.07) is 0.665. The van der Waals surface area contributed by atoms with Gasteiger partial charge in [-0.1, -0.05) is 18.7 Å². The highest BCUT2D eigenvalue weighted by Gasteiger charge is 2.25. The SMILES string of the molecule is CCNCCn1nnnc1SCc1cncn1C1CC1. The van der Waals surface area contributed by atoms with Crippen LogP contribution >= 0.6 is 11.8 Å². The van der Waals surface area contributed by atoms with Crippen molar-refractivity contribution in [2.45, 2.75) is 43.3 Å². The first kappa shape index (κ1) is 13.6. The van der Waals surface area contributed by atoms with E-state index in [9.17, 15) is 0 Å². The van der Waals surface area contributed by atoms with Crippen LogP contribution in [0.1, 0.15) is 31.5 Å². The summed E-state index contributed by atoms with van der Waals surface area (Å²) in [4.78, 5) is 4.25.